The van der Waals surface area contributed by atoms with Gasteiger partial charge >= 0.3 is 0 Å². The van der Waals surface area contributed by atoms with E-state index in [0.29, 0.717) is 12.1 Å². The Morgan fingerprint density at radius 3 is 2.61 bits per heavy atom. The Hall–Kier alpha value is -0.350. The van der Waals surface area contributed by atoms with E-state index < -0.39 is 0 Å². The van der Waals surface area contributed by atoms with Gasteiger partial charge in [-0.25, -0.2) is 0 Å². The summed E-state index contributed by atoms with van der Waals surface area (Å²) in [6.45, 7) is 4.40. The maximum absolute atomic E-state index is 4.52. The van der Waals surface area contributed by atoms with E-state index in [1.54, 1.807) is 0 Å². The number of halogens is 1. The van der Waals surface area contributed by atoms with E-state index in [9.17, 15) is 0 Å². The summed E-state index contributed by atoms with van der Waals surface area (Å²) in [6, 6.07) is 0.875. The first-order chi connectivity index (χ1) is 8.65. The van der Waals surface area contributed by atoms with Crippen LogP contribution in [0.1, 0.15) is 50.9 Å². The molecule has 3 unspecified atom stereocenters. The van der Waals surface area contributed by atoms with E-state index in [0.717, 1.165) is 22.2 Å². The summed E-state index contributed by atoms with van der Waals surface area (Å²) in [4.78, 5) is 0. The third-order valence-corrected chi connectivity index (χ3v) is 5.35. The van der Waals surface area contributed by atoms with Crippen molar-refractivity contribution >= 4 is 15.9 Å². The highest BCUT2D eigenvalue weighted by Gasteiger charge is 2.56. The molecule has 1 aromatic rings. The zero-order valence-electron chi connectivity index (χ0n) is 11.4. The molecule has 0 spiro atoms. The summed E-state index contributed by atoms with van der Waals surface area (Å²) < 4.78 is 3.32. The van der Waals surface area contributed by atoms with Crippen LogP contribution in [-0.2, 0) is 0 Å². The lowest BCUT2D eigenvalue weighted by atomic mass is 10.0. The van der Waals surface area contributed by atoms with E-state index in [-0.39, 0.29) is 0 Å². The largest absolute Gasteiger partial charge is 0.311 e. The first-order valence-electron chi connectivity index (χ1n) is 7.05. The molecule has 0 amide bonds. The molecule has 0 radical (unpaired) electrons. The fourth-order valence-electron chi connectivity index (χ4n) is 3.94. The van der Waals surface area contributed by atoms with Gasteiger partial charge in [0.05, 0.1) is 22.4 Å². The van der Waals surface area contributed by atoms with Gasteiger partial charge in [0.25, 0.3) is 0 Å². The molecule has 3 atom stereocenters. The molecule has 0 aliphatic heterocycles. The van der Waals surface area contributed by atoms with Gasteiger partial charge in [0, 0.05) is 6.04 Å². The molecule has 18 heavy (non-hydrogen) atoms. The number of hydrogen-bond donors (Lipinski definition) is 1. The molecule has 0 bridgehead atoms. The lowest BCUT2D eigenvalue weighted by molar-refractivity contribution is 0.395. The number of nitrogens with zero attached hydrogens (tertiary/aromatic N) is 2. The molecule has 3 nitrogen and oxygen atoms in total. The van der Waals surface area contributed by atoms with Gasteiger partial charge in [-0.3, -0.25) is 4.68 Å². The quantitative estimate of drug-likeness (QED) is 0.922. The van der Waals surface area contributed by atoms with Crippen LogP contribution in [0.2, 0.25) is 0 Å². The molecule has 1 N–H and O–H groups in total. The zero-order chi connectivity index (χ0) is 12.9. The fraction of sp³-hybridized carbons (Fsp3) is 0.786. The van der Waals surface area contributed by atoms with Crippen LogP contribution in [0.3, 0.4) is 0 Å². The molecule has 2 saturated carbocycles. The molecule has 100 valence electrons. The average molecular weight is 312 g/mol. The van der Waals surface area contributed by atoms with Crippen LogP contribution >= 0.6 is 15.9 Å². The Balaban J connectivity index is 1.90. The minimum absolute atomic E-state index is 0.417. The second-order valence-corrected chi connectivity index (χ2v) is 6.87. The third kappa shape index (κ3) is 1.85. The molecule has 0 saturated heterocycles. The Labute approximate surface area is 117 Å². The molecule has 2 fully saturated rings. The van der Waals surface area contributed by atoms with Crippen molar-refractivity contribution in [1.82, 2.24) is 15.1 Å². The highest BCUT2D eigenvalue weighted by atomic mass is 79.9. The first kappa shape index (κ1) is 12.7. The molecule has 1 aromatic heterocycles. The van der Waals surface area contributed by atoms with Gasteiger partial charge in [0.2, 0.25) is 0 Å². The Bertz CT molecular complexity index is 430. The van der Waals surface area contributed by atoms with Gasteiger partial charge in [-0.15, -0.1) is 0 Å². The van der Waals surface area contributed by atoms with Crippen LogP contribution < -0.4 is 5.32 Å². The lowest BCUT2D eigenvalue weighted by Crippen LogP contribution is -2.25. The molecule has 2 aliphatic rings. The van der Waals surface area contributed by atoms with Crippen molar-refractivity contribution < 1.29 is 0 Å². The van der Waals surface area contributed by atoms with Crippen LogP contribution in [0.5, 0.6) is 0 Å². The van der Waals surface area contributed by atoms with Crippen molar-refractivity contribution in [3.63, 3.8) is 0 Å². The van der Waals surface area contributed by atoms with Crippen LogP contribution in [0.25, 0.3) is 0 Å². The van der Waals surface area contributed by atoms with E-state index in [2.05, 4.69) is 51.9 Å². The van der Waals surface area contributed by atoms with Crippen LogP contribution in [0, 0.1) is 17.8 Å². The van der Waals surface area contributed by atoms with Crippen molar-refractivity contribution in [3.05, 3.63) is 16.4 Å². The molecule has 4 heteroatoms. The van der Waals surface area contributed by atoms with E-state index in [1.807, 2.05) is 6.20 Å². The van der Waals surface area contributed by atoms with Crippen LogP contribution in [-0.4, -0.2) is 16.8 Å². The Morgan fingerprint density at radius 1 is 1.39 bits per heavy atom. The summed E-state index contributed by atoms with van der Waals surface area (Å²) in [7, 11) is 2.09. The summed E-state index contributed by atoms with van der Waals surface area (Å²) in [5.41, 5.74) is 1.34. The number of fused-ring (bicyclic) bond motifs is 1. The summed E-state index contributed by atoms with van der Waals surface area (Å²) in [5, 5.41) is 8.06. The maximum atomic E-state index is 4.52. The average Bonchev–Trinajstić information content (AvgIpc) is 2.72. The lowest BCUT2D eigenvalue weighted by Gasteiger charge is -2.22. The molecule has 0 aromatic carbocycles. The topological polar surface area (TPSA) is 29.9 Å². The Kier molecular flexibility index (Phi) is 3.27. The van der Waals surface area contributed by atoms with Gasteiger partial charge in [-0.05, 0) is 67.4 Å². The normalized spacial score (nSPS) is 31.7. The van der Waals surface area contributed by atoms with Crippen molar-refractivity contribution in [1.29, 1.82) is 0 Å². The highest BCUT2D eigenvalue weighted by Crippen LogP contribution is 2.62. The van der Waals surface area contributed by atoms with Gasteiger partial charge in [0.15, 0.2) is 0 Å². The predicted octanol–water partition coefficient (Wildman–Crippen LogP) is 3.53. The van der Waals surface area contributed by atoms with E-state index in [1.165, 1.54) is 25.0 Å². The smallest absolute Gasteiger partial charge is 0.0701 e. The fourth-order valence-corrected chi connectivity index (χ4v) is 4.46. The highest BCUT2D eigenvalue weighted by molar-refractivity contribution is 9.10. The minimum atomic E-state index is 0.417. The number of aromatic nitrogens is 2. The van der Waals surface area contributed by atoms with Gasteiger partial charge in [-0.2, -0.15) is 5.10 Å². The standard InChI is InChI=1S/C14H22BrN3/c1-8(2)18-14(11(15)7-17-18)13(16-3)12-9-5-4-6-10(9)12/h7-10,12-13,16H,4-6H2,1-3H3. The molecular weight excluding hydrogens is 290 g/mol. The second kappa shape index (κ2) is 4.64. The third-order valence-electron chi connectivity index (χ3n) is 4.74. The van der Waals surface area contributed by atoms with Gasteiger partial charge in [0.1, 0.15) is 0 Å². The summed E-state index contributed by atoms with van der Waals surface area (Å²) in [6.07, 6.45) is 6.24. The zero-order valence-corrected chi connectivity index (χ0v) is 12.9. The second-order valence-electron chi connectivity index (χ2n) is 6.02. The van der Waals surface area contributed by atoms with E-state index >= 15 is 0 Å². The van der Waals surface area contributed by atoms with E-state index in [4.69, 9.17) is 0 Å². The number of hydrogen-bond acceptors (Lipinski definition) is 2. The van der Waals surface area contributed by atoms with Crippen LogP contribution in [0.15, 0.2) is 10.7 Å². The van der Waals surface area contributed by atoms with Gasteiger partial charge in [-0.1, -0.05) is 6.42 Å². The van der Waals surface area contributed by atoms with Crippen molar-refractivity contribution in [2.75, 3.05) is 7.05 Å². The Morgan fingerprint density at radius 2 is 2.06 bits per heavy atom. The first-order valence-corrected chi connectivity index (χ1v) is 7.84. The number of rotatable bonds is 4. The molecule has 2 aliphatic carbocycles. The van der Waals surface area contributed by atoms with Crippen molar-refractivity contribution in [2.24, 2.45) is 17.8 Å². The molecular formula is C14H22BrN3. The predicted molar refractivity (Wildman–Crippen MR) is 76.4 cm³/mol. The van der Waals surface area contributed by atoms with Crippen molar-refractivity contribution in [3.8, 4) is 0 Å². The molecule has 1 heterocycles. The maximum Gasteiger partial charge on any atom is 0.0701 e. The van der Waals surface area contributed by atoms with Gasteiger partial charge < -0.3 is 5.32 Å². The van der Waals surface area contributed by atoms with Crippen molar-refractivity contribution in [2.45, 2.75) is 45.2 Å². The van der Waals surface area contributed by atoms with Crippen LogP contribution in [0.4, 0.5) is 0 Å². The number of nitrogens with one attached hydrogen (secondary N) is 1. The molecule has 3 rings (SSSR count). The summed E-state index contributed by atoms with van der Waals surface area (Å²) in [5.74, 6) is 2.75. The summed E-state index contributed by atoms with van der Waals surface area (Å²) >= 11 is 3.68. The SMILES string of the molecule is CNC(c1c(Br)cnn1C(C)C)C1C2CCCC21. The minimum Gasteiger partial charge on any atom is -0.311 e. The monoisotopic (exact) mass is 311 g/mol.